The van der Waals surface area contributed by atoms with Crippen molar-refractivity contribution in [3.05, 3.63) is 11.6 Å². The number of unbranched alkanes of at least 4 members (excludes halogenated alkanes) is 14. The highest BCUT2D eigenvalue weighted by Gasteiger charge is 2.24. The first-order valence-electron chi connectivity index (χ1n) is 17.7. The summed E-state index contributed by atoms with van der Waals surface area (Å²) in [5.74, 6) is -0.302. The highest BCUT2D eigenvalue weighted by atomic mass is 16.5. The summed E-state index contributed by atoms with van der Waals surface area (Å²) >= 11 is 0. The van der Waals surface area contributed by atoms with E-state index in [0.717, 1.165) is 64.2 Å². The second-order valence-corrected chi connectivity index (χ2v) is 12.8. The minimum Gasteiger partial charge on any atom is -0.455 e. The first kappa shape index (κ1) is 41.0. The molecule has 0 aromatic rings. The maximum Gasteiger partial charge on any atom is 0.334 e. The molecular weight excluding hydrogens is 564 g/mol. The van der Waals surface area contributed by atoms with Crippen LogP contribution in [0.5, 0.6) is 0 Å². The summed E-state index contributed by atoms with van der Waals surface area (Å²) in [6, 6.07) is 0. The van der Waals surface area contributed by atoms with Crippen LogP contribution < -0.4 is 0 Å². The number of hydrogen-bond acceptors (Lipinski definition) is 9. The summed E-state index contributed by atoms with van der Waals surface area (Å²) in [5.41, 5.74) is 0.593. The van der Waals surface area contributed by atoms with Crippen LogP contribution in [-0.4, -0.2) is 94.6 Å². The summed E-state index contributed by atoms with van der Waals surface area (Å²) in [6.07, 6.45) is 18.4. The molecule has 9 heteroatoms. The standard InChI is InChI=1S/C35H66O9/c1-3-4-5-6-7-10-14-17-20-31(37)24-42-26-33(39)34(40)27-43-25-32(38)21-18-15-12-9-8-11-13-16-19-30(36)23-29-22-28(2)44-35(29)41/h22,28,30-34,36-40H,3-21,23-27H2,1-2H3/t28-,30+,31-,32-,33+,34+/m0/s1. The number of carbonyl (C=O) groups excluding carboxylic acids is 1. The van der Waals surface area contributed by atoms with E-state index in [1.807, 2.05) is 6.92 Å². The van der Waals surface area contributed by atoms with Crippen LogP contribution in [0.2, 0.25) is 0 Å². The molecule has 5 N–H and O–H groups in total. The van der Waals surface area contributed by atoms with E-state index in [2.05, 4.69) is 6.92 Å². The Bertz CT molecular complexity index is 716. The molecule has 0 saturated carbocycles. The highest BCUT2D eigenvalue weighted by molar-refractivity contribution is 5.90. The molecule has 1 aliphatic rings. The van der Waals surface area contributed by atoms with Crippen LogP contribution in [0.1, 0.15) is 142 Å². The second-order valence-electron chi connectivity index (χ2n) is 12.8. The van der Waals surface area contributed by atoms with Crippen molar-refractivity contribution in [3.63, 3.8) is 0 Å². The maximum absolute atomic E-state index is 11.6. The Morgan fingerprint density at radius 1 is 0.614 bits per heavy atom. The molecule has 0 saturated heterocycles. The molecule has 1 rings (SSSR count). The molecule has 0 aromatic carbocycles. The van der Waals surface area contributed by atoms with Gasteiger partial charge in [-0.05, 0) is 32.3 Å². The van der Waals surface area contributed by atoms with Gasteiger partial charge in [-0.25, -0.2) is 4.79 Å². The van der Waals surface area contributed by atoms with Crippen molar-refractivity contribution in [3.8, 4) is 0 Å². The van der Waals surface area contributed by atoms with E-state index in [1.54, 1.807) is 6.08 Å². The van der Waals surface area contributed by atoms with Crippen molar-refractivity contribution in [1.82, 2.24) is 0 Å². The summed E-state index contributed by atoms with van der Waals surface area (Å²) < 4.78 is 15.9. The Morgan fingerprint density at radius 3 is 1.39 bits per heavy atom. The van der Waals surface area contributed by atoms with Crippen LogP contribution in [0, 0.1) is 0 Å². The number of aliphatic hydroxyl groups is 5. The largest absolute Gasteiger partial charge is 0.455 e. The van der Waals surface area contributed by atoms with Gasteiger partial charge in [-0.15, -0.1) is 0 Å². The minimum absolute atomic E-state index is 0.0701. The van der Waals surface area contributed by atoms with Crippen molar-refractivity contribution in [2.24, 2.45) is 0 Å². The van der Waals surface area contributed by atoms with E-state index in [0.29, 0.717) is 31.3 Å². The molecule has 0 spiro atoms. The van der Waals surface area contributed by atoms with Crippen LogP contribution in [0.3, 0.4) is 0 Å². The lowest BCUT2D eigenvalue weighted by molar-refractivity contribution is -0.139. The van der Waals surface area contributed by atoms with Gasteiger partial charge in [-0.2, -0.15) is 0 Å². The fourth-order valence-corrected chi connectivity index (χ4v) is 5.51. The molecule has 0 fully saturated rings. The first-order chi connectivity index (χ1) is 21.2. The molecule has 6 atom stereocenters. The van der Waals surface area contributed by atoms with Crippen LogP contribution >= 0.6 is 0 Å². The van der Waals surface area contributed by atoms with Gasteiger partial charge in [0, 0.05) is 12.0 Å². The maximum atomic E-state index is 11.6. The number of aliphatic hydroxyl groups excluding tert-OH is 5. The lowest BCUT2D eigenvalue weighted by Crippen LogP contribution is -2.36. The lowest BCUT2D eigenvalue weighted by Gasteiger charge is -2.20. The van der Waals surface area contributed by atoms with Gasteiger partial charge < -0.3 is 39.7 Å². The van der Waals surface area contributed by atoms with E-state index in [4.69, 9.17) is 14.2 Å². The Labute approximate surface area is 267 Å². The van der Waals surface area contributed by atoms with Crippen molar-refractivity contribution in [2.45, 2.75) is 179 Å². The number of cyclic esters (lactones) is 1. The molecule has 1 aliphatic heterocycles. The quantitative estimate of drug-likeness (QED) is 0.0494. The first-order valence-corrected chi connectivity index (χ1v) is 17.7. The zero-order valence-corrected chi connectivity index (χ0v) is 27.9. The second kappa shape index (κ2) is 27.1. The number of hydrogen-bond donors (Lipinski definition) is 5. The van der Waals surface area contributed by atoms with Gasteiger partial charge in [0.1, 0.15) is 18.3 Å². The Morgan fingerprint density at radius 2 is 1.00 bits per heavy atom. The molecule has 0 amide bonds. The van der Waals surface area contributed by atoms with Crippen molar-refractivity contribution in [2.75, 3.05) is 26.4 Å². The lowest BCUT2D eigenvalue weighted by atomic mass is 10.0. The van der Waals surface area contributed by atoms with Crippen molar-refractivity contribution < 1.29 is 44.5 Å². The van der Waals surface area contributed by atoms with Gasteiger partial charge in [0.25, 0.3) is 0 Å². The average Bonchev–Trinajstić information content (AvgIpc) is 3.30. The predicted octanol–water partition coefficient (Wildman–Crippen LogP) is 5.52. The highest BCUT2D eigenvalue weighted by Crippen LogP contribution is 2.21. The molecule has 0 bridgehead atoms. The number of esters is 1. The molecule has 44 heavy (non-hydrogen) atoms. The average molecular weight is 631 g/mol. The SMILES string of the molecule is CCCCCCCCCC[C@H](O)COC[C@@H](O)[C@H](O)COC[C@@H](O)CCCCCCCCCC[C@@H](O)CC1=C[C@H](C)OC1=O. The Kier molecular flexibility index (Phi) is 25.2. The molecule has 1 heterocycles. The van der Waals surface area contributed by atoms with Gasteiger partial charge in [-0.3, -0.25) is 0 Å². The van der Waals surface area contributed by atoms with E-state index in [1.165, 1.54) is 38.5 Å². The molecule has 9 nitrogen and oxygen atoms in total. The van der Waals surface area contributed by atoms with Gasteiger partial charge in [-0.1, -0.05) is 110 Å². The number of ether oxygens (including phenoxy) is 3. The fourth-order valence-electron chi connectivity index (χ4n) is 5.51. The van der Waals surface area contributed by atoms with E-state index in [-0.39, 0.29) is 38.5 Å². The van der Waals surface area contributed by atoms with Crippen LogP contribution in [-0.2, 0) is 19.0 Å². The third kappa shape index (κ3) is 22.4. The monoisotopic (exact) mass is 630 g/mol. The van der Waals surface area contributed by atoms with Gasteiger partial charge in [0.2, 0.25) is 0 Å². The number of carbonyl (C=O) groups is 1. The van der Waals surface area contributed by atoms with Gasteiger partial charge >= 0.3 is 5.97 Å². The molecule has 0 aromatic heterocycles. The summed E-state index contributed by atoms with van der Waals surface area (Å²) in [6.45, 7) is 4.15. The summed E-state index contributed by atoms with van der Waals surface area (Å²) in [5, 5.41) is 50.5. The minimum atomic E-state index is -1.11. The molecule has 0 aliphatic carbocycles. The Balaban J connectivity index is 1.89. The topological polar surface area (TPSA) is 146 Å². The van der Waals surface area contributed by atoms with Crippen molar-refractivity contribution >= 4 is 5.97 Å². The molecular formula is C35H66O9. The van der Waals surface area contributed by atoms with Gasteiger partial charge in [0.05, 0.1) is 44.7 Å². The van der Waals surface area contributed by atoms with E-state index < -0.39 is 30.5 Å². The normalized spacial score (nSPS) is 18.6. The number of rotatable bonds is 31. The third-order valence-corrected chi connectivity index (χ3v) is 8.30. The Hall–Kier alpha value is -1.07. The summed E-state index contributed by atoms with van der Waals surface area (Å²) in [4.78, 5) is 11.6. The smallest absolute Gasteiger partial charge is 0.334 e. The predicted molar refractivity (Wildman–Crippen MR) is 173 cm³/mol. The van der Waals surface area contributed by atoms with Gasteiger partial charge in [0.15, 0.2) is 0 Å². The van der Waals surface area contributed by atoms with E-state index in [9.17, 15) is 30.3 Å². The summed E-state index contributed by atoms with van der Waals surface area (Å²) in [7, 11) is 0. The zero-order chi connectivity index (χ0) is 32.4. The van der Waals surface area contributed by atoms with E-state index >= 15 is 0 Å². The molecule has 0 unspecified atom stereocenters. The van der Waals surface area contributed by atoms with Crippen molar-refractivity contribution in [1.29, 1.82) is 0 Å². The zero-order valence-electron chi connectivity index (χ0n) is 27.9. The molecule has 0 radical (unpaired) electrons. The molecule has 260 valence electrons. The van der Waals surface area contributed by atoms with Crippen LogP contribution in [0.15, 0.2) is 11.6 Å². The van der Waals surface area contributed by atoms with Crippen LogP contribution in [0.4, 0.5) is 0 Å². The third-order valence-electron chi connectivity index (χ3n) is 8.30. The fraction of sp³-hybridized carbons (Fsp3) is 0.914. The van der Waals surface area contributed by atoms with Crippen LogP contribution in [0.25, 0.3) is 0 Å².